The SMILES string of the molecule is COCCOc1ccc(CNC(=O)[C@@H]2CC3(CCNCC3)CN2C)cc1. The van der Waals surface area contributed by atoms with Crippen molar-refractivity contribution in [2.45, 2.75) is 31.8 Å². The van der Waals surface area contributed by atoms with Crippen LogP contribution in [0.4, 0.5) is 0 Å². The fourth-order valence-electron chi connectivity index (χ4n) is 4.14. The number of likely N-dealkylation sites (N-methyl/N-ethyl adjacent to an activating group) is 1. The second-order valence-electron chi connectivity index (χ2n) is 7.59. The first-order valence-corrected chi connectivity index (χ1v) is 9.51. The fraction of sp³-hybridized carbons (Fsp3) is 0.650. The lowest BCUT2D eigenvalue weighted by molar-refractivity contribution is -0.125. The zero-order valence-electron chi connectivity index (χ0n) is 15.9. The quantitative estimate of drug-likeness (QED) is 0.719. The molecule has 2 fully saturated rings. The van der Waals surface area contributed by atoms with E-state index in [0.29, 0.717) is 25.2 Å². The molecule has 0 unspecified atom stereocenters. The van der Waals surface area contributed by atoms with Gasteiger partial charge in [0.2, 0.25) is 5.91 Å². The number of carbonyl (C=O) groups excluding carboxylic acids is 1. The molecule has 1 aromatic rings. The standard InChI is InChI=1S/C20H31N3O3/c1-23-15-20(7-9-21-10-8-20)13-18(23)19(24)22-14-16-3-5-17(6-4-16)26-12-11-25-2/h3-6,18,21H,7-15H2,1-2H3,(H,22,24)/t18-/m0/s1. The number of amides is 1. The Labute approximate surface area is 156 Å². The van der Waals surface area contributed by atoms with E-state index in [0.717, 1.165) is 37.4 Å². The number of hydrogen-bond acceptors (Lipinski definition) is 5. The summed E-state index contributed by atoms with van der Waals surface area (Å²) >= 11 is 0. The van der Waals surface area contributed by atoms with Crippen molar-refractivity contribution in [1.82, 2.24) is 15.5 Å². The van der Waals surface area contributed by atoms with Crippen molar-refractivity contribution in [2.24, 2.45) is 5.41 Å². The zero-order valence-corrected chi connectivity index (χ0v) is 15.9. The summed E-state index contributed by atoms with van der Waals surface area (Å²) < 4.78 is 10.5. The van der Waals surface area contributed by atoms with Gasteiger partial charge >= 0.3 is 0 Å². The van der Waals surface area contributed by atoms with E-state index in [4.69, 9.17) is 9.47 Å². The summed E-state index contributed by atoms with van der Waals surface area (Å²) in [5.74, 6) is 0.962. The summed E-state index contributed by atoms with van der Waals surface area (Å²) in [4.78, 5) is 14.9. The van der Waals surface area contributed by atoms with E-state index >= 15 is 0 Å². The molecular weight excluding hydrogens is 330 g/mol. The highest BCUT2D eigenvalue weighted by Crippen LogP contribution is 2.41. The van der Waals surface area contributed by atoms with Crippen LogP contribution in [0.2, 0.25) is 0 Å². The van der Waals surface area contributed by atoms with Crippen LogP contribution in [-0.4, -0.2) is 63.9 Å². The Morgan fingerprint density at radius 3 is 2.69 bits per heavy atom. The molecule has 2 heterocycles. The molecule has 144 valence electrons. The lowest BCUT2D eigenvalue weighted by atomic mass is 9.77. The van der Waals surface area contributed by atoms with E-state index in [2.05, 4.69) is 22.6 Å². The summed E-state index contributed by atoms with van der Waals surface area (Å²) in [6, 6.07) is 7.85. The predicted molar refractivity (Wildman–Crippen MR) is 101 cm³/mol. The molecule has 0 aromatic heterocycles. The molecule has 2 aliphatic rings. The van der Waals surface area contributed by atoms with Crippen LogP contribution >= 0.6 is 0 Å². The maximum absolute atomic E-state index is 12.7. The molecule has 2 saturated heterocycles. The summed E-state index contributed by atoms with van der Waals surface area (Å²) in [7, 11) is 3.73. The minimum absolute atomic E-state index is 0.00949. The van der Waals surface area contributed by atoms with Gasteiger partial charge < -0.3 is 20.1 Å². The van der Waals surface area contributed by atoms with Crippen LogP contribution in [0.1, 0.15) is 24.8 Å². The van der Waals surface area contributed by atoms with Crippen molar-refractivity contribution in [2.75, 3.05) is 47.0 Å². The lowest BCUT2D eigenvalue weighted by Crippen LogP contribution is -2.41. The van der Waals surface area contributed by atoms with Crippen LogP contribution in [0.3, 0.4) is 0 Å². The molecule has 2 aliphatic heterocycles. The second-order valence-corrected chi connectivity index (χ2v) is 7.59. The van der Waals surface area contributed by atoms with Gasteiger partial charge in [-0.05, 0) is 62.5 Å². The minimum atomic E-state index is -0.00949. The van der Waals surface area contributed by atoms with Crippen LogP contribution < -0.4 is 15.4 Å². The van der Waals surface area contributed by atoms with Gasteiger partial charge in [0.05, 0.1) is 12.6 Å². The van der Waals surface area contributed by atoms with E-state index in [1.54, 1.807) is 7.11 Å². The average Bonchev–Trinajstić information content (AvgIpc) is 2.97. The monoisotopic (exact) mass is 361 g/mol. The third-order valence-corrected chi connectivity index (χ3v) is 5.66. The predicted octanol–water partition coefficient (Wildman–Crippen LogP) is 1.40. The third-order valence-electron chi connectivity index (χ3n) is 5.66. The third kappa shape index (κ3) is 4.75. The molecular formula is C20H31N3O3. The zero-order chi connectivity index (χ0) is 18.4. The summed E-state index contributed by atoms with van der Waals surface area (Å²) in [6.07, 6.45) is 3.32. The number of rotatable bonds is 7. The minimum Gasteiger partial charge on any atom is -0.491 e. The number of piperidine rings is 1. The molecule has 1 amide bonds. The van der Waals surface area contributed by atoms with Gasteiger partial charge in [0.15, 0.2) is 0 Å². The number of ether oxygens (including phenoxy) is 2. The first-order valence-electron chi connectivity index (χ1n) is 9.51. The Bertz CT molecular complexity index is 584. The molecule has 0 bridgehead atoms. The number of nitrogens with one attached hydrogen (secondary N) is 2. The molecule has 3 rings (SSSR count). The molecule has 1 atom stereocenters. The van der Waals surface area contributed by atoms with E-state index in [1.165, 1.54) is 12.8 Å². The van der Waals surface area contributed by atoms with Crippen LogP contribution in [0, 0.1) is 5.41 Å². The summed E-state index contributed by atoms with van der Waals surface area (Å²) in [5, 5.41) is 6.53. The van der Waals surface area contributed by atoms with Gasteiger partial charge in [-0.3, -0.25) is 9.69 Å². The number of methoxy groups -OCH3 is 1. The van der Waals surface area contributed by atoms with Crippen LogP contribution in [-0.2, 0) is 16.1 Å². The highest BCUT2D eigenvalue weighted by molar-refractivity contribution is 5.82. The number of nitrogens with zero attached hydrogens (tertiary/aromatic N) is 1. The Balaban J connectivity index is 1.47. The Morgan fingerprint density at radius 1 is 1.27 bits per heavy atom. The average molecular weight is 361 g/mol. The molecule has 0 aliphatic carbocycles. The number of carbonyl (C=O) groups is 1. The fourth-order valence-corrected chi connectivity index (χ4v) is 4.14. The molecule has 0 saturated carbocycles. The highest BCUT2D eigenvalue weighted by Gasteiger charge is 2.45. The molecule has 6 heteroatoms. The summed E-state index contributed by atoms with van der Waals surface area (Å²) in [6.45, 7) is 4.83. The topological polar surface area (TPSA) is 62.8 Å². The Hall–Kier alpha value is -1.63. The maximum atomic E-state index is 12.7. The molecule has 2 N–H and O–H groups in total. The van der Waals surface area contributed by atoms with Crippen molar-refractivity contribution >= 4 is 5.91 Å². The first-order chi connectivity index (χ1) is 12.6. The normalized spacial score (nSPS) is 22.5. The molecule has 1 spiro atoms. The van der Waals surface area contributed by atoms with Crippen LogP contribution in [0.5, 0.6) is 5.75 Å². The largest absolute Gasteiger partial charge is 0.491 e. The molecule has 1 aromatic carbocycles. The first kappa shape index (κ1) is 19.1. The van der Waals surface area contributed by atoms with Crippen molar-refractivity contribution < 1.29 is 14.3 Å². The Morgan fingerprint density at radius 2 is 2.00 bits per heavy atom. The molecule has 0 radical (unpaired) electrons. The van der Waals surface area contributed by atoms with E-state index in [9.17, 15) is 4.79 Å². The number of likely N-dealkylation sites (tertiary alicyclic amines) is 1. The van der Waals surface area contributed by atoms with Crippen LogP contribution in [0.15, 0.2) is 24.3 Å². The van der Waals surface area contributed by atoms with E-state index < -0.39 is 0 Å². The lowest BCUT2D eigenvalue weighted by Gasteiger charge is -2.33. The number of benzene rings is 1. The van der Waals surface area contributed by atoms with Gasteiger partial charge in [-0.15, -0.1) is 0 Å². The van der Waals surface area contributed by atoms with Gasteiger partial charge in [-0.25, -0.2) is 0 Å². The molecule has 6 nitrogen and oxygen atoms in total. The maximum Gasteiger partial charge on any atom is 0.237 e. The van der Waals surface area contributed by atoms with Gasteiger partial charge in [-0.1, -0.05) is 12.1 Å². The molecule has 26 heavy (non-hydrogen) atoms. The van der Waals surface area contributed by atoms with Gasteiger partial charge in [0.1, 0.15) is 12.4 Å². The van der Waals surface area contributed by atoms with Crippen LogP contribution in [0.25, 0.3) is 0 Å². The highest BCUT2D eigenvalue weighted by atomic mass is 16.5. The number of hydrogen-bond donors (Lipinski definition) is 2. The van der Waals surface area contributed by atoms with Crippen molar-refractivity contribution in [1.29, 1.82) is 0 Å². The van der Waals surface area contributed by atoms with E-state index in [1.807, 2.05) is 24.3 Å². The summed E-state index contributed by atoms with van der Waals surface area (Å²) in [5.41, 5.74) is 1.40. The van der Waals surface area contributed by atoms with Crippen molar-refractivity contribution in [3.63, 3.8) is 0 Å². The second kappa shape index (κ2) is 8.84. The van der Waals surface area contributed by atoms with Gasteiger partial charge in [0.25, 0.3) is 0 Å². The van der Waals surface area contributed by atoms with Crippen molar-refractivity contribution in [3.05, 3.63) is 29.8 Å². The van der Waals surface area contributed by atoms with Gasteiger partial charge in [-0.2, -0.15) is 0 Å². The van der Waals surface area contributed by atoms with Crippen molar-refractivity contribution in [3.8, 4) is 5.75 Å². The van der Waals surface area contributed by atoms with Gasteiger partial charge in [0, 0.05) is 20.2 Å². The smallest absolute Gasteiger partial charge is 0.237 e. The Kier molecular flexibility index (Phi) is 6.51. The van der Waals surface area contributed by atoms with E-state index in [-0.39, 0.29) is 11.9 Å².